The molecule has 2 atom stereocenters. The average molecular weight is 232 g/mol. The van der Waals surface area contributed by atoms with Gasteiger partial charge in [0.15, 0.2) is 0 Å². The first-order chi connectivity index (χ1) is 8.33. The Morgan fingerprint density at radius 1 is 1.41 bits per heavy atom. The monoisotopic (exact) mass is 232 g/mol. The summed E-state index contributed by atoms with van der Waals surface area (Å²) in [5.41, 5.74) is 1.03. The minimum absolute atomic E-state index is 0.178. The predicted octanol–water partition coefficient (Wildman–Crippen LogP) is 1.37. The fraction of sp³-hybridized carbons (Fsp3) is 0.462. The molecule has 1 amide bonds. The van der Waals surface area contributed by atoms with Crippen LogP contribution in [0.25, 0.3) is 0 Å². The summed E-state index contributed by atoms with van der Waals surface area (Å²) in [6, 6.07) is 10.6. The molecule has 2 heterocycles. The lowest BCUT2D eigenvalue weighted by Gasteiger charge is -2.26. The van der Waals surface area contributed by atoms with Crippen LogP contribution in [0.4, 0.5) is 4.79 Å². The van der Waals surface area contributed by atoms with Crippen LogP contribution in [0.1, 0.15) is 12.0 Å². The predicted molar refractivity (Wildman–Crippen MR) is 63.5 cm³/mol. The Morgan fingerprint density at radius 2 is 2.24 bits per heavy atom. The normalized spacial score (nSPS) is 26.2. The molecule has 2 saturated heterocycles. The lowest BCUT2D eigenvalue weighted by molar-refractivity contribution is 0.0879. The molecule has 0 aliphatic carbocycles. The molecule has 17 heavy (non-hydrogen) atoms. The van der Waals surface area contributed by atoms with Crippen molar-refractivity contribution in [1.29, 1.82) is 0 Å². The van der Waals surface area contributed by atoms with Crippen molar-refractivity contribution in [3.8, 4) is 0 Å². The maximum atomic E-state index is 11.9. The van der Waals surface area contributed by atoms with Crippen molar-refractivity contribution in [2.24, 2.45) is 0 Å². The number of piperazine rings is 1. The Bertz CT molecular complexity index is 407. The number of amides is 1. The summed E-state index contributed by atoms with van der Waals surface area (Å²) in [7, 11) is 0. The Hall–Kier alpha value is -1.55. The largest absolute Gasteiger partial charge is 0.445 e. The molecule has 0 aromatic heterocycles. The molecule has 90 valence electrons. The minimum atomic E-state index is -0.178. The Morgan fingerprint density at radius 3 is 2.88 bits per heavy atom. The van der Waals surface area contributed by atoms with Crippen LogP contribution in [-0.2, 0) is 11.3 Å². The van der Waals surface area contributed by atoms with Gasteiger partial charge in [-0.05, 0) is 12.0 Å². The highest BCUT2D eigenvalue weighted by Crippen LogP contribution is 2.23. The van der Waals surface area contributed by atoms with Gasteiger partial charge in [0.2, 0.25) is 0 Å². The van der Waals surface area contributed by atoms with Gasteiger partial charge in [0.05, 0.1) is 0 Å². The summed E-state index contributed by atoms with van der Waals surface area (Å²) >= 11 is 0. The highest BCUT2D eigenvalue weighted by atomic mass is 16.6. The third-order valence-corrected chi connectivity index (χ3v) is 3.50. The summed E-state index contributed by atoms with van der Waals surface area (Å²) < 4.78 is 5.32. The van der Waals surface area contributed by atoms with E-state index in [1.807, 2.05) is 35.2 Å². The number of hydrogen-bond donors (Lipinski definition) is 1. The second kappa shape index (κ2) is 4.37. The number of hydrogen-bond acceptors (Lipinski definition) is 3. The van der Waals surface area contributed by atoms with Crippen LogP contribution in [0.2, 0.25) is 0 Å². The highest BCUT2D eigenvalue weighted by Gasteiger charge is 2.40. The van der Waals surface area contributed by atoms with E-state index >= 15 is 0 Å². The Kier molecular flexibility index (Phi) is 2.73. The molecule has 2 bridgehead atoms. The van der Waals surface area contributed by atoms with Gasteiger partial charge in [-0.1, -0.05) is 30.3 Å². The molecule has 0 radical (unpaired) electrons. The standard InChI is InChI=1S/C13H16N2O2/c16-13(15-8-11-6-12(15)7-14-11)17-9-10-4-2-1-3-5-10/h1-5,11-12,14H,6-9H2/t11-,12-/m1/s1. The van der Waals surface area contributed by atoms with Crippen LogP contribution < -0.4 is 5.32 Å². The van der Waals surface area contributed by atoms with E-state index in [2.05, 4.69) is 5.32 Å². The van der Waals surface area contributed by atoms with E-state index < -0.39 is 0 Å². The minimum Gasteiger partial charge on any atom is -0.445 e. The van der Waals surface area contributed by atoms with Gasteiger partial charge >= 0.3 is 6.09 Å². The van der Waals surface area contributed by atoms with Gasteiger partial charge in [0.1, 0.15) is 6.61 Å². The first-order valence-corrected chi connectivity index (χ1v) is 6.03. The quantitative estimate of drug-likeness (QED) is 0.837. The number of rotatable bonds is 2. The molecular formula is C13H16N2O2. The number of ether oxygens (including phenoxy) is 1. The molecular weight excluding hydrogens is 216 g/mol. The van der Waals surface area contributed by atoms with E-state index in [1.165, 1.54) is 0 Å². The molecule has 0 spiro atoms. The first-order valence-electron chi connectivity index (χ1n) is 6.03. The zero-order chi connectivity index (χ0) is 11.7. The van der Waals surface area contributed by atoms with E-state index in [0.29, 0.717) is 18.7 Å². The zero-order valence-electron chi connectivity index (χ0n) is 9.63. The number of nitrogens with zero attached hydrogens (tertiary/aromatic N) is 1. The van der Waals surface area contributed by atoms with Gasteiger partial charge in [-0.25, -0.2) is 4.79 Å². The lowest BCUT2D eigenvalue weighted by atomic mass is 10.2. The molecule has 0 unspecified atom stereocenters. The maximum Gasteiger partial charge on any atom is 0.410 e. The second-order valence-corrected chi connectivity index (χ2v) is 4.69. The SMILES string of the molecule is O=C(OCc1ccccc1)N1C[C@H]2C[C@@H]1CN2. The van der Waals surface area contributed by atoms with Crippen molar-refractivity contribution in [3.05, 3.63) is 35.9 Å². The summed E-state index contributed by atoms with van der Waals surface area (Å²) in [5, 5.41) is 3.37. The third kappa shape index (κ3) is 2.13. The summed E-state index contributed by atoms with van der Waals surface area (Å²) in [4.78, 5) is 13.7. The molecule has 1 N–H and O–H groups in total. The van der Waals surface area contributed by atoms with Crippen LogP contribution in [0, 0.1) is 0 Å². The number of benzene rings is 1. The molecule has 2 aliphatic heterocycles. The van der Waals surface area contributed by atoms with Gasteiger partial charge in [-0.15, -0.1) is 0 Å². The summed E-state index contributed by atoms with van der Waals surface area (Å²) in [6.07, 6.45) is 0.892. The van der Waals surface area contributed by atoms with E-state index in [4.69, 9.17) is 4.74 Å². The second-order valence-electron chi connectivity index (χ2n) is 4.69. The van der Waals surface area contributed by atoms with Gasteiger partial charge < -0.3 is 15.0 Å². The third-order valence-electron chi connectivity index (χ3n) is 3.50. The molecule has 1 aromatic rings. The van der Waals surface area contributed by atoms with Crippen LogP contribution in [-0.4, -0.2) is 36.2 Å². The summed E-state index contributed by atoms with van der Waals surface area (Å²) in [6.45, 7) is 2.06. The van der Waals surface area contributed by atoms with Crippen molar-refractivity contribution in [3.63, 3.8) is 0 Å². The van der Waals surface area contributed by atoms with Crippen molar-refractivity contribution in [2.75, 3.05) is 13.1 Å². The molecule has 3 rings (SSSR count). The number of carbonyl (C=O) groups is 1. The van der Waals surface area contributed by atoms with E-state index in [-0.39, 0.29) is 6.09 Å². The van der Waals surface area contributed by atoms with Gasteiger partial charge in [0, 0.05) is 25.2 Å². The molecule has 1 aromatic carbocycles. The Labute approximate surface area is 101 Å². The van der Waals surface area contributed by atoms with Crippen molar-refractivity contribution < 1.29 is 9.53 Å². The van der Waals surface area contributed by atoms with E-state index in [0.717, 1.165) is 25.1 Å². The molecule has 4 nitrogen and oxygen atoms in total. The fourth-order valence-electron chi connectivity index (χ4n) is 2.59. The van der Waals surface area contributed by atoms with Gasteiger partial charge in [-0.2, -0.15) is 0 Å². The fourth-order valence-corrected chi connectivity index (χ4v) is 2.59. The number of carbonyl (C=O) groups excluding carboxylic acids is 1. The molecule has 0 saturated carbocycles. The molecule has 2 aliphatic rings. The van der Waals surface area contributed by atoms with Crippen LogP contribution in [0.15, 0.2) is 30.3 Å². The molecule has 4 heteroatoms. The number of nitrogens with one attached hydrogen (secondary N) is 1. The van der Waals surface area contributed by atoms with E-state index in [9.17, 15) is 4.79 Å². The van der Waals surface area contributed by atoms with Crippen LogP contribution in [0.5, 0.6) is 0 Å². The van der Waals surface area contributed by atoms with Crippen molar-refractivity contribution in [2.45, 2.75) is 25.1 Å². The average Bonchev–Trinajstić information content (AvgIpc) is 2.99. The topological polar surface area (TPSA) is 41.6 Å². The number of likely N-dealkylation sites (tertiary alicyclic amines) is 1. The lowest BCUT2D eigenvalue weighted by Crippen LogP contribution is -2.46. The van der Waals surface area contributed by atoms with E-state index in [1.54, 1.807) is 0 Å². The van der Waals surface area contributed by atoms with Crippen LogP contribution in [0.3, 0.4) is 0 Å². The van der Waals surface area contributed by atoms with Crippen molar-refractivity contribution in [1.82, 2.24) is 10.2 Å². The smallest absolute Gasteiger partial charge is 0.410 e. The van der Waals surface area contributed by atoms with Gasteiger partial charge in [-0.3, -0.25) is 0 Å². The first kappa shape index (κ1) is 10.6. The van der Waals surface area contributed by atoms with Crippen molar-refractivity contribution >= 4 is 6.09 Å². The number of fused-ring (bicyclic) bond motifs is 2. The zero-order valence-corrected chi connectivity index (χ0v) is 9.63. The summed E-state index contributed by atoms with van der Waals surface area (Å²) in [5.74, 6) is 0. The van der Waals surface area contributed by atoms with Crippen LogP contribution >= 0.6 is 0 Å². The Balaban J connectivity index is 1.54. The maximum absolute atomic E-state index is 11.9. The van der Waals surface area contributed by atoms with Gasteiger partial charge in [0.25, 0.3) is 0 Å². The molecule has 2 fully saturated rings. The highest BCUT2D eigenvalue weighted by molar-refractivity contribution is 5.69.